The highest BCUT2D eigenvalue weighted by Gasteiger charge is 2.40. The van der Waals surface area contributed by atoms with Gasteiger partial charge in [-0.15, -0.1) is 0 Å². The minimum atomic E-state index is -0.653. The molecule has 1 aliphatic rings. The Bertz CT molecular complexity index is 445. The zero-order valence-corrected chi connectivity index (χ0v) is 12.5. The van der Waals surface area contributed by atoms with Gasteiger partial charge in [-0.25, -0.2) is 0 Å². The number of para-hydroxylation sites is 1. The van der Waals surface area contributed by atoms with Crippen LogP contribution in [0.3, 0.4) is 0 Å². The van der Waals surface area contributed by atoms with E-state index in [9.17, 15) is 4.79 Å². The molecule has 1 aliphatic carbocycles. The number of hydrogen-bond donors (Lipinski definition) is 0. The SMILES string of the molecule is CCOC1(C(=O)c2ccccc2OC)CCCCCC1. The second-order valence-electron chi connectivity index (χ2n) is 5.37. The molecule has 0 radical (unpaired) electrons. The highest BCUT2D eigenvalue weighted by Crippen LogP contribution is 2.35. The smallest absolute Gasteiger partial charge is 0.198 e. The molecule has 2 rings (SSSR count). The number of ketones is 1. The monoisotopic (exact) mass is 276 g/mol. The first-order chi connectivity index (χ1) is 9.73. The molecule has 0 saturated heterocycles. The van der Waals surface area contributed by atoms with Crippen molar-refractivity contribution in [3.8, 4) is 5.75 Å². The van der Waals surface area contributed by atoms with Gasteiger partial charge in [0.1, 0.15) is 11.4 Å². The number of carbonyl (C=O) groups is 1. The summed E-state index contributed by atoms with van der Waals surface area (Å²) in [5.41, 5.74) is -0.00905. The van der Waals surface area contributed by atoms with Gasteiger partial charge in [0.25, 0.3) is 0 Å². The number of benzene rings is 1. The molecule has 1 aromatic carbocycles. The molecule has 0 bridgehead atoms. The van der Waals surface area contributed by atoms with E-state index in [0.717, 1.165) is 25.7 Å². The molecule has 1 aromatic rings. The lowest BCUT2D eigenvalue weighted by molar-refractivity contribution is -0.0294. The Balaban J connectivity index is 2.35. The van der Waals surface area contributed by atoms with Crippen LogP contribution in [0.2, 0.25) is 0 Å². The summed E-state index contributed by atoms with van der Waals surface area (Å²) in [5.74, 6) is 0.722. The van der Waals surface area contributed by atoms with Gasteiger partial charge >= 0.3 is 0 Å². The van der Waals surface area contributed by atoms with Crippen LogP contribution in [0.4, 0.5) is 0 Å². The van der Waals surface area contributed by atoms with Crippen molar-refractivity contribution < 1.29 is 14.3 Å². The van der Waals surface area contributed by atoms with E-state index in [-0.39, 0.29) is 5.78 Å². The fraction of sp³-hybridized carbons (Fsp3) is 0.588. The van der Waals surface area contributed by atoms with Crippen LogP contribution in [0.1, 0.15) is 55.8 Å². The molecule has 0 unspecified atom stereocenters. The lowest BCUT2D eigenvalue weighted by Crippen LogP contribution is -2.41. The molecule has 0 N–H and O–H groups in total. The van der Waals surface area contributed by atoms with Crippen LogP contribution in [0.15, 0.2) is 24.3 Å². The first-order valence-corrected chi connectivity index (χ1v) is 7.55. The number of carbonyl (C=O) groups excluding carboxylic acids is 1. The van der Waals surface area contributed by atoms with Crippen molar-refractivity contribution in [1.82, 2.24) is 0 Å². The lowest BCUT2D eigenvalue weighted by atomic mass is 9.85. The van der Waals surface area contributed by atoms with Crippen molar-refractivity contribution in [2.24, 2.45) is 0 Å². The van der Waals surface area contributed by atoms with Gasteiger partial charge in [-0.2, -0.15) is 0 Å². The molecule has 3 heteroatoms. The number of Topliss-reactive ketones (excluding diaryl/α,β-unsaturated/α-hetero) is 1. The van der Waals surface area contributed by atoms with Gasteiger partial charge in [-0.1, -0.05) is 37.8 Å². The maximum Gasteiger partial charge on any atom is 0.198 e. The fourth-order valence-electron chi connectivity index (χ4n) is 3.09. The third-order valence-electron chi connectivity index (χ3n) is 4.10. The second kappa shape index (κ2) is 6.89. The van der Waals surface area contributed by atoms with Crippen LogP contribution in [-0.4, -0.2) is 25.1 Å². The molecule has 1 saturated carbocycles. The van der Waals surface area contributed by atoms with Gasteiger partial charge < -0.3 is 9.47 Å². The average Bonchev–Trinajstić information content (AvgIpc) is 2.73. The van der Waals surface area contributed by atoms with Crippen LogP contribution in [0.25, 0.3) is 0 Å². The summed E-state index contributed by atoms with van der Waals surface area (Å²) >= 11 is 0. The van der Waals surface area contributed by atoms with E-state index < -0.39 is 5.60 Å². The van der Waals surface area contributed by atoms with Crippen molar-refractivity contribution in [3.05, 3.63) is 29.8 Å². The average molecular weight is 276 g/mol. The van der Waals surface area contributed by atoms with Crippen LogP contribution < -0.4 is 4.74 Å². The Kier molecular flexibility index (Phi) is 5.18. The number of rotatable bonds is 5. The normalized spacial score (nSPS) is 18.3. The minimum absolute atomic E-state index is 0.0821. The molecule has 20 heavy (non-hydrogen) atoms. The van der Waals surface area contributed by atoms with Crippen LogP contribution in [0, 0.1) is 0 Å². The van der Waals surface area contributed by atoms with E-state index in [4.69, 9.17) is 9.47 Å². The number of ether oxygens (including phenoxy) is 2. The lowest BCUT2D eigenvalue weighted by Gasteiger charge is -2.31. The first kappa shape index (κ1) is 15.0. The van der Waals surface area contributed by atoms with E-state index in [1.807, 2.05) is 31.2 Å². The minimum Gasteiger partial charge on any atom is -0.496 e. The molecule has 0 amide bonds. The molecular formula is C17H24O3. The van der Waals surface area contributed by atoms with Crippen LogP contribution >= 0.6 is 0 Å². The molecular weight excluding hydrogens is 252 g/mol. The number of hydrogen-bond acceptors (Lipinski definition) is 3. The van der Waals surface area contributed by atoms with Gasteiger partial charge in [0.05, 0.1) is 12.7 Å². The summed E-state index contributed by atoms with van der Waals surface area (Å²) in [7, 11) is 1.60. The van der Waals surface area contributed by atoms with Crippen LogP contribution in [-0.2, 0) is 4.74 Å². The molecule has 0 atom stereocenters. The van der Waals surface area contributed by atoms with Gasteiger partial charge in [0.2, 0.25) is 0 Å². The van der Waals surface area contributed by atoms with E-state index in [1.54, 1.807) is 7.11 Å². The zero-order valence-electron chi connectivity index (χ0n) is 12.5. The maximum atomic E-state index is 13.0. The quantitative estimate of drug-likeness (QED) is 0.602. The third-order valence-corrected chi connectivity index (χ3v) is 4.10. The Morgan fingerprint density at radius 2 is 1.80 bits per heavy atom. The Labute approximate surface area is 121 Å². The molecule has 110 valence electrons. The Morgan fingerprint density at radius 3 is 2.40 bits per heavy atom. The van der Waals surface area contributed by atoms with Crippen molar-refractivity contribution in [2.45, 2.75) is 51.0 Å². The molecule has 0 aromatic heterocycles. The summed E-state index contributed by atoms with van der Waals surface area (Å²) in [5, 5.41) is 0. The summed E-state index contributed by atoms with van der Waals surface area (Å²) in [6.45, 7) is 2.53. The van der Waals surface area contributed by atoms with Gasteiger partial charge in [-0.3, -0.25) is 4.79 Å². The van der Waals surface area contributed by atoms with Crippen LogP contribution in [0.5, 0.6) is 5.75 Å². The molecule has 0 spiro atoms. The van der Waals surface area contributed by atoms with Gasteiger partial charge in [0.15, 0.2) is 5.78 Å². The van der Waals surface area contributed by atoms with Crippen molar-refractivity contribution >= 4 is 5.78 Å². The summed E-state index contributed by atoms with van der Waals surface area (Å²) in [4.78, 5) is 13.0. The van der Waals surface area contributed by atoms with Crippen molar-refractivity contribution in [2.75, 3.05) is 13.7 Å². The van der Waals surface area contributed by atoms with E-state index >= 15 is 0 Å². The highest BCUT2D eigenvalue weighted by molar-refractivity contribution is 6.04. The maximum absolute atomic E-state index is 13.0. The zero-order chi connectivity index (χ0) is 14.4. The molecule has 0 aliphatic heterocycles. The Hall–Kier alpha value is -1.35. The van der Waals surface area contributed by atoms with Gasteiger partial charge in [-0.05, 0) is 31.9 Å². The molecule has 3 nitrogen and oxygen atoms in total. The predicted octanol–water partition coefficient (Wildman–Crippen LogP) is 4.01. The summed E-state index contributed by atoms with van der Waals surface area (Å²) in [6, 6.07) is 7.44. The van der Waals surface area contributed by atoms with Crippen molar-refractivity contribution in [1.29, 1.82) is 0 Å². The first-order valence-electron chi connectivity index (χ1n) is 7.55. The fourth-order valence-corrected chi connectivity index (χ4v) is 3.09. The Morgan fingerprint density at radius 1 is 1.15 bits per heavy atom. The summed E-state index contributed by atoms with van der Waals surface area (Å²) < 4.78 is 11.3. The molecule has 0 heterocycles. The van der Waals surface area contributed by atoms with E-state index in [2.05, 4.69) is 0 Å². The highest BCUT2D eigenvalue weighted by atomic mass is 16.5. The predicted molar refractivity (Wildman–Crippen MR) is 79.4 cm³/mol. The number of methoxy groups -OCH3 is 1. The second-order valence-corrected chi connectivity index (χ2v) is 5.37. The standard InChI is InChI=1S/C17H24O3/c1-3-20-17(12-8-4-5-9-13-17)16(18)14-10-6-7-11-15(14)19-2/h6-7,10-11H,3-5,8-9,12-13H2,1-2H3. The molecule has 1 fully saturated rings. The van der Waals surface area contributed by atoms with Crippen molar-refractivity contribution in [3.63, 3.8) is 0 Å². The van der Waals surface area contributed by atoms with E-state index in [0.29, 0.717) is 17.9 Å². The van der Waals surface area contributed by atoms with Gasteiger partial charge in [0, 0.05) is 6.61 Å². The largest absolute Gasteiger partial charge is 0.496 e. The van der Waals surface area contributed by atoms with E-state index in [1.165, 1.54) is 12.8 Å². The summed E-state index contributed by atoms with van der Waals surface area (Å²) in [6.07, 6.45) is 6.12. The third kappa shape index (κ3) is 3.04. The topological polar surface area (TPSA) is 35.5 Å².